The molecule has 0 aromatic heterocycles. The molecule has 2 atom stereocenters. The summed E-state index contributed by atoms with van der Waals surface area (Å²) >= 11 is 0. The van der Waals surface area contributed by atoms with Gasteiger partial charge in [-0.3, -0.25) is 19.3 Å². The standard InChI is InChI=1S/C14H25N3O4/c1-4-5-10(2)16-12(18)9-17-7-6-15-14(20)11(17)8-13(19)21-3/h10-11H,4-9H2,1-3H3,(H,15,20)(H,16,18). The molecular formula is C14H25N3O4. The van der Waals surface area contributed by atoms with Gasteiger partial charge in [0.1, 0.15) is 6.04 Å². The second-order valence-corrected chi connectivity index (χ2v) is 5.31. The van der Waals surface area contributed by atoms with Crippen molar-refractivity contribution in [3.8, 4) is 0 Å². The number of hydrogen-bond acceptors (Lipinski definition) is 5. The molecule has 1 heterocycles. The van der Waals surface area contributed by atoms with Crippen molar-refractivity contribution in [2.24, 2.45) is 0 Å². The number of rotatable bonds is 7. The van der Waals surface area contributed by atoms with Crippen LogP contribution in [0.1, 0.15) is 33.1 Å². The largest absolute Gasteiger partial charge is 0.469 e. The topological polar surface area (TPSA) is 87.7 Å². The van der Waals surface area contributed by atoms with Gasteiger partial charge in [0.05, 0.1) is 20.1 Å². The minimum atomic E-state index is -0.640. The fourth-order valence-corrected chi connectivity index (χ4v) is 2.42. The van der Waals surface area contributed by atoms with E-state index in [9.17, 15) is 14.4 Å². The van der Waals surface area contributed by atoms with Crippen molar-refractivity contribution in [1.82, 2.24) is 15.5 Å². The average Bonchev–Trinajstić information content (AvgIpc) is 2.42. The molecule has 2 unspecified atom stereocenters. The van der Waals surface area contributed by atoms with Crippen LogP contribution in [0.25, 0.3) is 0 Å². The van der Waals surface area contributed by atoms with E-state index in [2.05, 4.69) is 22.3 Å². The van der Waals surface area contributed by atoms with Gasteiger partial charge in [0, 0.05) is 19.1 Å². The zero-order valence-corrected chi connectivity index (χ0v) is 13.0. The van der Waals surface area contributed by atoms with Gasteiger partial charge in [-0.05, 0) is 13.3 Å². The number of carbonyl (C=O) groups excluding carboxylic acids is 3. The highest BCUT2D eigenvalue weighted by atomic mass is 16.5. The number of ether oxygens (including phenoxy) is 1. The maximum absolute atomic E-state index is 12.0. The first-order chi connectivity index (χ1) is 9.97. The Bertz CT molecular complexity index is 386. The van der Waals surface area contributed by atoms with Crippen molar-refractivity contribution in [1.29, 1.82) is 0 Å². The Kier molecular flexibility index (Phi) is 7.14. The SMILES string of the molecule is CCCC(C)NC(=O)CN1CCNC(=O)C1CC(=O)OC. The smallest absolute Gasteiger partial charge is 0.307 e. The molecule has 21 heavy (non-hydrogen) atoms. The Morgan fingerprint density at radius 1 is 1.52 bits per heavy atom. The molecule has 7 nitrogen and oxygen atoms in total. The predicted octanol–water partition coefficient (Wildman–Crippen LogP) is -0.345. The monoisotopic (exact) mass is 299 g/mol. The van der Waals surface area contributed by atoms with Crippen LogP contribution < -0.4 is 10.6 Å². The van der Waals surface area contributed by atoms with Crippen molar-refractivity contribution >= 4 is 17.8 Å². The third kappa shape index (κ3) is 5.71. The van der Waals surface area contributed by atoms with E-state index in [0.717, 1.165) is 12.8 Å². The number of nitrogens with zero attached hydrogens (tertiary/aromatic N) is 1. The summed E-state index contributed by atoms with van der Waals surface area (Å²) in [6.45, 7) is 5.15. The van der Waals surface area contributed by atoms with E-state index in [1.54, 1.807) is 4.90 Å². The predicted molar refractivity (Wildman–Crippen MR) is 77.5 cm³/mol. The lowest BCUT2D eigenvalue weighted by atomic mass is 10.1. The summed E-state index contributed by atoms with van der Waals surface area (Å²) in [6.07, 6.45) is 1.87. The molecule has 0 aliphatic carbocycles. The molecule has 2 N–H and O–H groups in total. The molecule has 1 rings (SSSR count). The minimum Gasteiger partial charge on any atom is -0.469 e. The van der Waals surface area contributed by atoms with Gasteiger partial charge < -0.3 is 15.4 Å². The van der Waals surface area contributed by atoms with Crippen LogP contribution in [-0.2, 0) is 19.1 Å². The number of methoxy groups -OCH3 is 1. The fourth-order valence-electron chi connectivity index (χ4n) is 2.42. The van der Waals surface area contributed by atoms with Crippen LogP contribution in [0, 0.1) is 0 Å². The first-order valence-electron chi connectivity index (χ1n) is 7.35. The maximum Gasteiger partial charge on any atom is 0.307 e. The summed E-state index contributed by atoms with van der Waals surface area (Å²) in [5, 5.41) is 5.61. The normalized spacial score (nSPS) is 20.5. The number of nitrogens with one attached hydrogen (secondary N) is 2. The fraction of sp³-hybridized carbons (Fsp3) is 0.786. The molecule has 0 aromatic carbocycles. The van der Waals surface area contributed by atoms with Crippen molar-refractivity contribution in [3.63, 3.8) is 0 Å². The lowest BCUT2D eigenvalue weighted by molar-refractivity contribution is -0.146. The molecule has 0 bridgehead atoms. The van der Waals surface area contributed by atoms with Crippen LogP contribution in [-0.4, -0.2) is 61.5 Å². The van der Waals surface area contributed by atoms with Crippen LogP contribution in [0.3, 0.4) is 0 Å². The van der Waals surface area contributed by atoms with E-state index < -0.39 is 12.0 Å². The number of carbonyl (C=O) groups is 3. The molecule has 0 radical (unpaired) electrons. The van der Waals surface area contributed by atoms with Crippen molar-refractivity contribution in [2.45, 2.75) is 45.2 Å². The number of hydrogen-bond donors (Lipinski definition) is 2. The average molecular weight is 299 g/mol. The molecule has 0 spiro atoms. The van der Waals surface area contributed by atoms with Crippen molar-refractivity contribution in [3.05, 3.63) is 0 Å². The van der Waals surface area contributed by atoms with E-state index >= 15 is 0 Å². The first-order valence-corrected chi connectivity index (χ1v) is 7.35. The molecule has 1 saturated heterocycles. The Morgan fingerprint density at radius 2 is 2.24 bits per heavy atom. The number of amides is 2. The highest BCUT2D eigenvalue weighted by molar-refractivity contribution is 5.88. The molecule has 1 fully saturated rings. The number of piperazine rings is 1. The second kappa shape index (κ2) is 8.61. The summed E-state index contributed by atoms with van der Waals surface area (Å²) in [5.41, 5.74) is 0. The van der Waals surface area contributed by atoms with Gasteiger partial charge in [-0.25, -0.2) is 0 Å². The maximum atomic E-state index is 12.0. The van der Waals surface area contributed by atoms with Gasteiger partial charge in [-0.2, -0.15) is 0 Å². The molecule has 2 amide bonds. The number of esters is 1. The Labute approximate surface area is 125 Å². The first kappa shape index (κ1) is 17.4. The summed E-state index contributed by atoms with van der Waals surface area (Å²) in [4.78, 5) is 37.0. The second-order valence-electron chi connectivity index (χ2n) is 5.31. The summed E-state index contributed by atoms with van der Waals surface area (Å²) in [5.74, 6) is -0.816. The van der Waals surface area contributed by atoms with Gasteiger partial charge in [-0.15, -0.1) is 0 Å². The van der Waals surface area contributed by atoms with Crippen LogP contribution in [0.4, 0.5) is 0 Å². The summed E-state index contributed by atoms with van der Waals surface area (Å²) in [7, 11) is 1.28. The van der Waals surface area contributed by atoms with E-state index in [0.29, 0.717) is 13.1 Å². The molecular weight excluding hydrogens is 274 g/mol. The van der Waals surface area contributed by atoms with E-state index in [4.69, 9.17) is 0 Å². The van der Waals surface area contributed by atoms with Crippen molar-refractivity contribution < 1.29 is 19.1 Å². The summed E-state index contributed by atoms with van der Waals surface area (Å²) < 4.78 is 4.60. The zero-order chi connectivity index (χ0) is 15.8. The molecule has 1 aliphatic heterocycles. The third-order valence-corrected chi connectivity index (χ3v) is 3.51. The molecule has 120 valence electrons. The molecule has 0 aromatic rings. The van der Waals surface area contributed by atoms with Gasteiger partial charge in [-0.1, -0.05) is 13.3 Å². The van der Waals surface area contributed by atoms with Gasteiger partial charge in [0.15, 0.2) is 0 Å². The van der Waals surface area contributed by atoms with E-state index in [1.165, 1.54) is 7.11 Å². The van der Waals surface area contributed by atoms with Crippen LogP contribution in [0.2, 0.25) is 0 Å². The van der Waals surface area contributed by atoms with Gasteiger partial charge in [0.2, 0.25) is 11.8 Å². The highest BCUT2D eigenvalue weighted by Crippen LogP contribution is 2.09. The minimum absolute atomic E-state index is 0.0415. The molecule has 7 heteroatoms. The highest BCUT2D eigenvalue weighted by Gasteiger charge is 2.33. The molecule has 0 saturated carbocycles. The zero-order valence-electron chi connectivity index (χ0n) is 13.0. The lowest BCUT2D eigenvalue weighted by Gasteiger charge is -2.34. The van der Waals surface area contributed by atoms with Crippen LogP contribution >= 0.6 is 0 Å². The Hall–Kier alpha value is -1.63. The quantitative estimate of drug-likeness (QED) is 0.628. The Morgan fingerprint density at radius 3 is 2.86 bits per heavy atom. The van der Waals surface area contributed by atoms with E-state index in [-0.39, 0.29) is 30.8 Å². The molecule has 1 aliphatic rings. The van der Waals surface area contributed by atoms with Gasteiger partial charge >= 0.3 is 5.97 Å². The summed E-state index contributed by atoms with van der Waals surface area (Å²) in [6, 6.07) is -0.529. The lowest BCUT2D eigenvalue weighted by Crippen LogP contribution is -2.58. The Balaban J connectivity index is 2.58. The third-order valence-electron chi connectivity index (χ3n) is 3.51. The van der Waals surface area contributed by atoms with Crippen LogP contribution in [0.15, 0.2) is 0 Å². The van der Waals surface area contributed by atoms with Crippen LogP contribution in [0.5, 0.6) is 0 Å². The van der Waals surface area contributed by atoms with Crippen molar-refractivity contribution in [2.75, 3.05) is 26.7 Å². The van der Waals surface area contributed by atoms with E-state index in [1.807, 2.05) is 6.92 Å². The van der Waals surface area contributed by atoms with Gasteiger partial charge in [0.25, 0.3) is 0 Å².